The number of rotatable bonds is 3. The van der Waals surface area contributed by atoms with E-state index in [2.05, 4.69) is 10.3 Å². The first-order chi connectivity index (χ1) is 5.24. The Morgan fingerprint density at radius 3 is 3.00 bits per heavy atom. The zero-order valence-corrected chi connectivity index (χ0v) is 6.02. The van der Waals surface area contributed by atoms with E-state index >= 15 is 0 Å². The summed E-state index contributed by atoms with van der Waals surface area (Å²) >= 11 is 0. The summed E-state index contributed by atoms with van der Waals surface area (Å²) in [7, 11) is 1.66. The summed E-state index contributed by atoms with van der Waals surface area (Å²) < 4.78 is 1.41. The van der Waals surface area contributed by atoms with Crippen molar-refractivity contribution in [2.45, 2.75) is 6.42 Å². The van der Waals surface area contributed by atoms with E-state index in [1.165, 1.54) is 10.9 Å². The van der Waals surface area contributed by atoms with Gasteiger partial charge in [-0.2, -0.15) is 0 Å². The van der Waals surface area contributed by atoms with Crippen molar-refractivity contribution in [2.75, 3.05) is 0 Å². The molecule has 0 spiro atoms. The highest BCUT2D eigenvalue weighted by Gasteiger charge is 2.07. The molecule has 0 aliphatic carbocycles. The molecule has 0 saturated carbocycles. The van der Waals surface area contributed by atoms with Gasteiger partial charge in [-0.05, 0) is 0 Å². The van der Waals surface area contributed by atoms with Crippen LogP contribution in [0.25, 0.3) is 0 Å². The van der Waals surface area contributed by atoms with Crippen LogP contribution in [-0.2, 0) is 11.8 Å². The topological polar surface area (TPSA) is 64.8 Å². The molecule has 5 nitrogen and oxygen atoms in total. The van der Waals surface area contributed by atoms with Crippen LogP contribution in [0.2, 0.25) is 0 Å². The van der Waals surface area contributed by atoms with Crippen molar-refractivity contribution in [1.82, 2.24) is 15.0 Å². The Bertz CT molecular complexity index is 279. The molecule has 0 aliphatic heterocycles. The van der Waals surface area contributed by atoms with Crippen LogP contribution >= 0.6 is 0 Å². The normalized spacial score (nSPS) is 9.55. The maximum absolute atomic E-state index is 10.9. The van der Waals surface area contributed by atoms with Gasteiger partial charge in [-0.3, -0.25) is 9.48 Å². The van der Waals surface area contributed by atoms with Crippen LogP contribution in [0.5, 0.6) is 0 Å². The minimum absolute atomic E-state index is 0.126. The quantitative estimate of drug-likeness (QED) is 0.336. The average Bonchev–Trinajstić information content (AvgIpc) is 2.36. The van der Waals surface area contributed by atoms with E-state index in [0.29, 0.717) is 6.29 Å². The highest BCUT2D eigenvalue weighted by atomic mass is 16.1. The summed E-state index contributed by atoms with van der Waals surface area (Å²) in [5.41, 5.74) is 0.236. The number of hydrogen-bond donors (Lipinski definition) is 0. The van der Waals surface area contributed by atoms with Gasteiger partial charge in [0.1, 0.15) is 12.0 Å². The van der Waals surface area contributed by atoms with Gasteiger partial charge >= 0.3 is 0 Å². The fourth-order valence-electron chi connectivity index (χ4n) is 0.655. The van der Waals surface area contributed by atoms with Crippen molar-refractivity contribution in [2.24, 2.45) is 7.05 Å². The van der Waals surface area contributed by atoms with Gasteiger partial charge < -0.3 is 4.79 Å². The minimum atomic E-state index is -0.298. The van der Waals surface area contributed by atoms with Crippen molar-refractivity contribution in [3.8, 4) is 0 Å². The number of nitrogens with zero attached hydrogens (tertiary/aromatic N) is 3. The molecular weight excluding hydrogens is 146 g/mol. The number of aldehydes is 1. The Labute approximate surface area is 63.0 Å². The molecule has 0 radical (unpaired) electrons. The van der Waals surface area contributed by atoms with E-state index in [0.717, 1.165) is 0 Å². The zero-order chi connectivity index (χ0) is 8.27. The van der Waals surface area contributed by atoms with Crippen LogP contribution < -0.4 is 0 Å². The van der Waals surface area contributed by atoms with E-state index in [9.17, 15) is 9.59 Å². The molecular formula is C6H7N3O2. The van der Waals surface area contributed by atoms with Crippen molar-refractivity contribution in [3.63, 3.8) is 0 Å². The highest BCUT2D eigenvalue weighted by Crippen LogP contribution is 1.94. The molecule has 0 N–H and O–H groups in total. The van der Waals surface area contributed by atoms with E-state index < -0.39 is 0 Å². The number of aromatic nitrogens is 3. The summed E-state index contributed by atoms with van der Waals surface area (Å²) in [6.45, 7) is 0. The van der Waals surface area contributed by atoms with Crippen LogP contribution in [0.15, 0.2) is 6.20 Å². The second kappa shape index (κ2) is 3.05. The van der Waals surface area contributed by atoms with Gasteiger partial charge in [0.25, 0.3) is 0 Å². The summed E-state index contributed by atoms with van der Waals surface area (Å²) in [6, 6.07) is 0. The predicted molar refractivity (Wildman–Crippen MR) is 36.0 cm³/mol. The molecule has 1 rings (SSSR count). The Balaban J connectivity index is 2.76. The van der Waals surface area contributed by atoms with Crippen molar-refractivity contribution < 1.29 is 9.59 Å². The van der Waals surface area contributed by atoms with Crippen molar-refractivity contribution >= 4 is 12.1 Å². The molecule has 1 aromatic rings. The first-order valence-electron chi connectivity index (χ1n) is 3.07. The lowest BCUT2D eigenvalue weighted by atomic mass is 10.2. The van der Waals surface area contributed by atoms with E-state index in [1.54, 1.807) is 7.05 Å². The maximum atomic E-state index is 10.9. The number of carbonyl (C=O) groups is 2. The smallest absolute Gasteiger partial charge is 0.191 e. The van der Waals surface area contributed by atoms with Crippen LogP contribution in [-0.4, -0.2) is 27.1 Å². The number of Topliss-reactive ketones (excluding diaryl/α,β-unsaturated/α-hetero) is 1. The van der Waals surface area contributed by atoms with Gasteiger partial charge in [0.15, 0.2) is 5.78 Å². The molecule has 0 bridgehead atoms. The van der Waals surface area contributed by atoms with Gasteiger partial charge in [0.2, 0.25) is 0 Å². The van der Waals surface area contributed by atoms with Crippen LogP contribution in [0, 0.1) is 0 Å². The first kappa shape index (κ1) is 7.59. The van der Waals surface area contributed by atoms with E-state index in [1.807, 2.05) is 0 Å². The molecule has 0 amide bonds. The second-order valence-corrected chi connectivity index (χ2v) is 2.07. The lowest BCUT2D eigenvalue weighted by Crippen LogP contribution is -1.99. The lowest BCUT2D eigenvalue weighted by Gasteiger charge is -1.84. The van der Waals surface area contributed by atoms with Gasteiger partial charge in [-0.1, -0.05) is 5.21 Å². The summed E-state index contributed by atoms with van der Waals surface area (Å²) in [6.07, 6.45) is 1.90. The predicted octanol–water partition coefficient (Wildman–Crippen LogP) is -0.413. The van der Waals surface area contributed by atoms with Crippen molar-refractivity contribution in [3.05, 3.63) is 11.9 Å². The number of aryl methyl sites for hydroxylation is 1. The Kier molecular flexibility index (Phi) is 2.10. The molecule has 1 aromatic heterocycles. The molecule has 1 heterocycles. The van der Waals surface area contributed by atoms with Crippen molar-refractivity contribution in [1.29, 1.82) is 0 Å². The van der Waals surface area contributed by atoms with E-state index in [-0.39, 0.29) is 17.9 Å². The number of hydrogen-bond acceptors (Lipinski definition) is 4. The van der Waals surface area contributed by atoms with Gasteiger partial charge in [-0.25, -0.2) is 0 Å². The standard InChI is InChI=1S/C6H7N3O2/c1-9-4-5(7-8-9)6(11)2-3-10/h3-4H,2H2,1H3. The monoisotopic (exact) mass is 153 g/mol. The third-order valence-electron chi connectivity index (χ3n) is 1.16. The summed E-state index contributed by atoms with van der Waals surface area (Å²) in [5.74, 6) is -0.298. The average molecular weight is 153 g/mol. The molecule has 5 heteroatoms. The van der Waals surface area contributed by atoms with E-state index in [4.69, 9.17) is 0 Å². The third-order valence-corrected chi connectivity index (χ3v) is 1.16. The van der Waals surface area contributed by atoms with Crippen LogP contribution in [0.3, 0.4) is 0 Å². The largest absolute Gasteiger partial charge is 0.303 e. The molecule has 0 saturated heterocycles. The van der Waals surface area contributed by atoms with Crippen LogP contribution in [0.4, 0.5) is 0 Å². The second-order valence-electron chi connectivity index (χ2n) is 2.07. The molecule has 11 heavy (non-hydrogen) atoms. The number of carbonyl (C=O) groups excluding carboxylic acids is 2. The Morgan fingerprint density at radius 1 is 1.82 bits per heavy atom. The molecule has 0 unspecified atom stereocenters. The SMILES string of the molecule is Cn1cc(C(=O)CC=O)nn1. The minimum Gasteiger partial charge on any atom is -0.303 e. The van der Waals surface area contributed by atoms with Gasteiger partial charge in [0, 0.05) is 7.05 Å². The molecule has 58 valence electrons. The lowest BCUT2D eigenvalue weighted by molar-refractivity contribution is -0.107. The molecule has 0 fully saturated rings. The third kappa shape index (κ3) is 1.70. The highest BCUT2D eigenvalue weighted by molar-refractivity contribution is 6.00. The van der Waals surface area contributed by atoms with Gasteiger partial charge in [-0.15, -0.1) is 5.10 Å². The first-order valence-corrected chi connectivity index (χ1v) is 3.07. The molecule has 0 aliphatic rings. The Morgan fingerprint density at radius 2 is 2.55 bits per heavy atom. The van der Waals surface area contributed by atoms with Gasteiger partial charge in [0.05, 0.1) is 12.6 Å². The number of ketones is 1. The zero-order valence-electron chi connectivity index (χ0n) is 6.02. The summed E-state index contributed by atoms with van der Waals surface area (Å²) in [4.78, 5) is 20.8. The van der Waals surface area contributed by atoms with Crippen LogP contribution in [0.1, 0.15) is 16.9 Å². The molecule has 0 aromatic carbocycles. The Hall–Kier alpha value is -1.52. The summed E-state index contributed by atoms with van der Waals surface area (Å²) in [5, 5.41) is 7.09. The maximum Gasteiger partial charge on any atom is 0.191 e. The fraction of sp³-hybridized carbons (Fsp3) is 0.333. The fourth-order valence-corrected chi connectivity index (χ4v) is 0.655. The molecule has 0 atom stereocenters.